The second-order valence-corrected chi connectivity index (χ2v) is 3.18. The summed E-state index contributed by atoms with van der Waals surface area (Å²) in [6.07, 6.45) is 0.995. The van der Waals surface area contributed by atoms with Gasteiger partial charge in [-0.2, -0.15) is 0 Å². The van der Waals surface area contributed by atoms with Gasteiger partial charge in [-0.1, -0.05) is 13.3 Å². The van der Waals surface area contributed by atoms with E-state index in [1.165, 1.54) is 7.05 Å². The van der Waals surface area contributed by atoms with Crippen LogP contribution in [0.1, 0.15) is 19.8 Å². The van der Waals surface area contributed by atoms with Crippen LogP contribution in [0.2, 0.25) is 0 Å². The SMILES string of the molecule is CCC[C@H](NC(=O)NCC(=O)NC)C(=O)O. The van der Waals surface area contributed by atoms with Crippen molar-refractivity contribution in [2.45, 2.75) is 25.8 Å². The third kappa shape index (κ3) is 5.84. The van der Waals surface area contributed by atoms with Crippen LogP contribution in [0.15, 0.2) is 0 Å². The van der Waals surface area contributed by atoms with Crippen LogP contribution in [-0.4, -0.2) is 42.6 Å². The van der Waals surface area contributed by atoms with Crippen molar-refractivity contribution >= 4 is 17.9 Å². The van der Waals surface area contributed by atoms with E-state index in [1.54, 1.807) is 0 Å². The molecule has 92 valence electrons. The molecule has 0 aromatic carbocycles. The molecular formula is C9H17N3O4. The summed E-state index contributed by atoms with van der Waals surface area (Å²) in [5, 5.41) is 15.6. The Morgan fingerprint density at radius 1 is 1.31 bits per heavy atom. The molecule has 0 radical (unpaired) electrons. The molecule has 0 aromatic rings. The number of hydrogen-bond donors (Lipinski definition) is 4. The molecule has 0 bridgehead atoms. The van der Waals surface area contributed by atoms with E-state index in [9.17, 15) is 14.4 Å². The summed E-state index contributed by atoms with van der Waals surface area (Å²) in [5.74, 6) is -1.44. The minimum atomic E-state index is -1.09. The predicted octanol–water partition coefficient (Wildman–Crippen LogP) is -0.715. The molecule has 7 nitrogen and oxygen atoms in total. The van der Waals surface area contributed by atoms with Gasteiger partial charge in [-0.15, -0.1) is 0 Å². The number of aliphatic carboxylic acids is 1. The molecule has 0 aliphatic carbocycles. The maximum atomic E-state index is 11.2. The van der Waals surface area contributed by atoms with Gasteiger partial charge in [0.15, 0.2) is 0 Å². The van der Waals surface area contributed by atoms with Crippen LogP contribution in [0.5, 0.6) is 0 Å². The molecule has 0 heterocycles. The van der Waals surface area contributed by atoms with Crippen molar-refractivity contribution in [1.82, 2.24) is 16.0 Å². The lowest BCUT2D eigenvalue weighted by Crippen LogP contribution is -2.48. The zero-order valence-corrected chi connectivity index (χ0v) is 9.37. The lowest BCUT2D eigenvalue weighted by atomic mass is 10.2. The predicted molar refractivity (Wildman–Crippen MR) is 56.9 cm³/mol. The minimum Gasteiger partial charge on any atom is -0.480 e. The molecule has 1 atom stereocenters. The van der Waals surface area contributed by atoms with E-state index in [0.717, 1.165) is 0 Å². The highest BCUT2D eigenvalue weighted by atomic mass is 16.4. The van der Waals surface area contributed by atoms with Crippen molar-refractivity contribution in [3.05, 3.63) is 0 Å². The Balaban J connectivity index is 4.00. The first-order valence-corrected chi connectivity index (χ1v) is 4.99. The second kappa shape index (κ2) is 7.49. The van der Waals surface area contributed by atoms with Gasteiger partial charge in [-0.25, -0.2) is 9.59 Å². The van der Waals surface area contributed by atoms with Gasteiger partial charge in [0.2, 0.25) is 5.91 Å². The molecule has 4 N–H and O–H groups in total. The van der Waals surface area contributed by atoms with E-state index in [2.05, 4.69) is 16.0 Å². The van der Waals surface area contributed by atoms with Crippen molar-refractivity contribution in [2.75, 3.05) is 13.6 Å². The highest BCUT2D eigenvalue weighted by Gasteiger charge is 2.18. The van der Waals surface area contributed by atoms with E-state index < -0.39 is 18.0 Å². The van der Waals surface area contributed by atoms with Gasteiger partial charge in [0, 0.05) is 7.05 Å². The van der Waals surface area contributed by atoms with Gasteiger partial charge in [0.05, 0.1) is 6.54 Å². The van der Waals surface area contributed by atoms with Crippen molar-refractivity contribution < 1.29 is 19.5 Å². The number of amides is 3. The molecule has 0 aromatic heterocycles. The summed E-state index contributed by atoms with van der Waals surface area (Å²) < 4.78 is 0. The zero-order chi connectivity index (χ0) is 12.6. The molecule has 7 heteroatoms. The Hall–Kier alpha value is -1.79. The molecule has 3 amide bonds. The fourth-order valence-corrected chi connectivity index (χ4v) is 1.00. The molecular weight excluding hydrogens is 214 g/mol. The summed E-state index contributed by atoms with van der Waals surface area (Å²) in [7, 11) is 1.44. The Morgan fingerprint density at radius 3 is 2.38 bits per heavy atom. The fourth-order valence-electron chi connectivity index (χ4n) is 1.00. The summed E-state index contributed by atoms with van der Waals surface area (Å²) >= 11 is 0. The number of hydrogen-bond acceptors (Lipinski definition) is 3. The van der Waals surface area contributed by atoms with Crippen molar-refractivity contribution in [1.29, 1.82) is 0 Å². The highest BCUT2D eigenvalue weighted by Crippen LogP contribution is 1.96. The standard InChI is InChI=1S/C9H17N3O4/c1-3-4-6(8(14)15)12-9(16)11-5-7(13)10-2/h6H,3-5H2,1-2H3,(H,10,13)(H,14,15)(H2,11,12,16)/t6-/m0/s1. The van der Waals surface area contributed by atoms with Gasteiger partial charge in [-0.3, -0.25) is 4.79 Å². The monoisotopic (exact) mass is 231 g/mol. The summed E-state index contributed by atoms with van der Waals surface area (Å²) in [6, 6.07) is -1.58. The lowest BCUT2D eigenvalue weighted by molar-refractivity contribution is -0.139. The number of urea groups is 1. The molecule has 0 unspecified atom stereocenters. The van der Waals surface area contributed by atoms with Gasteiger partial charge in [0.25, 0.3) is 0 Å². The van der Waals surface area contributed by atoms with Crippen molar-refractivity contribution in [3.8, 4) is 0 Å². The van der Waals surface area contributed by atoms with Gasteiger partial charge in [-0.05, 0) is 6.42 Å². The highest BCUT2D eigenvalue weighted by molar-refractivity contribution is 5.86. The van der Waals surface area contributed by atoms with Crippen LogP contribution in [0.4, 0.5) is 4.79 Å². The van der Waals surface area contributed by atoms with Crippen molar-refractivity contribution in [3.63, 3.8) is 0 Å². The van der Waals surface area contributed by atoms with Crippen LogP contribution < -0.4 is 16.0 Å². The molecule has 0 spiro atoms. The minimum absolute atomic E-state index is 0.180. The average molecular weight is 231 g/mol. The maximum absolute atomic E-state index is 11.2. The summed E-state index contributed by atoms with van der Waals surface area (Å²) in [4.78, 5) is 32.7. The van der Waals surface area contributed by atoms with Crippen molar-refractivity contribution in [2.24, 2.45) is 0 Å². The molecule has 0 aliphatic heterocycles. The molecule has 16 heavy (non-hydrogen) atoms. The number of carboxylic acid groups (broad SMARTS) is 1. The Morgan fingerprint density at radius 2 is 1.94 bits per heavy atom. The smallest absolute Gasteiger partial charge is 0.326 e. The first-order chi connectivity index (χ1) is 7.51. The number of carbonyl (C=O) groups is 3. The Bertz CT molecular complexity index is 267. The number of carboxylic acids is 1. The molecule has 0 aliphatic rings. The normalized spacial score (nSPS) is 11.4. The number of carbonyl (C=O) groups excluding carboxylic acids is 2. The van der Waals surface area contributed by atoms with Gasteiger partial charge >= 0.3 is 12.0 Å². The quantitative estimate of drug-likeness (QED) is 0.484. The van der Waals surface area contributed by atoms with Crippen LogP contribution in [0.3, 0.4) is 0 Å². The van der Waals surface area contributed by atoms with Crippen LogP contribution in [-0.2, 0) is 9.59 Å². The summed E-state index contributed by atoms with van der Waals surface area (Å²) in [5.41, 5.74) is 0. The topological polar surface area (TPSA) is 108 Å². The molecule has 0 rings (SSSR count). The Kier molecular flexibility index (Phi) is 6.66. The number of rotatable bonds is 6. The summed E-state index contributed by atoms with van der Waals surface area (Å²) in [6.45, 7) is 1.64. The van der Waals surface area contributed by atoms with Gasteiger partial charge < -0.3 is 21.1 Å². The molecule has 0 saturated carbocycles. The first kappa shape index (κ1) is 14.2. The molecule has 0 fully saturated rings. The van der Waals surface area contributed by atoms with Gasteiger partial charge in [0.1, 0.15) is 6.04 Å². The van der Waals surface area contributed by atoms with E-state index in [4.69, 9.17) is 5.11 Å². The van der Waals surface area contributed by atoms with E-state index in [1.807, 2.05) is 6.92 Å². The van der Waals surface area contributed by atoms with E-state index in [-0.39, 0.29) is 12.5 Å². The van der Waals surface area contributed by atoms with Crippen LogP contribution in [0, 0.1) is 0 Å². The van der Waals surface area contributed by atoms with E-state index in [0.29, 0.717) is 12.8 Å². The second-order valence-electron chi connectivity index (χ2n) is 3.18. The largest absolute Gasteiger partial charge is 0.480 e. The lowest BCUT2D eigenvalue weighted by Gasteiger charge is -2.13. The third-order valence-corrected chi connectivity index (χ3v) is 1.87. The van der Waals surface area contributed by atoms with E-state index >= 15 is 0 Å². The zero-order valence-electron chi connectivity index (χ0n) is 9.37. The van der Waals surface area contributed by atoms with Crippen LogP contribution >= 0.6 is 0 Å². The third-order valence-electron chi connectivity index (χ3n) is 1.87. The number of nitrogens with one attached hydrogen (secondary N) is 3. The fraction of sp³-hybridized carbons (Fsp3) is 0.667. The average Bonchev–Trinajstić information content (AvgIpc) is 2.25. The number of likely N-dealkylation sites (N-methyl/N-ethyl adjacent to an activating group) is 1. The first-order valence-electron chi connectivity index (χ1n) is 4.99. The van der Waals surface area contributed by atoms with Crippen LogP contribution in [0.25, 0.3) is 0 Å². The molecule has 0 saturated heterocycles. The Labute approximate surface area is 93.6 Å². The maximum Gasteiger partial charge on any atom is 0.326 e.